The quantitative estimate of drug-likeness (QED) is 0.808. The molecule has 0 aliphatic carbocycles. The molecule has 1 aromatic rings. The lowest BCUT2D eigenvalue weighted by molar-refractivity contribution is -0.124. The van der Waals surface area contributed by atoms with E-state index in [4.69, 9.17) is 0 Å². The second kappa shape index (κ2) is 4.57. The molecule has 0 spiro atoms. The van der Waals surface area contributed by atoms with Crippen LogP contribution in [0.5, 0.6) is 0 Å². The maximum Gasteiger partial charge on any atom is 0.325 e. The SMILES string of the molecule is CN1C(=O)NC(SCc2ccccc2)C1=O. The van der Waals surface area contributed by atoms with Crippen molar-refractivity contribution in [3.8, 4) is 0 Å². The third-order valence-electron chi connectivity index (χ3n) is 2.37. The van der Waals surface area contributed by atoms with Gasteiger partial charge >= 0.3 is 6.03 Å². The first-order valence-electron chi connectivity index (χ1n) is 4.92. The van der Waals surface area contributed by atoms with Crippen LogP contribution in [-0.2, 0) is 10.5 Å². The summed E-state index contributed by atoms with van der Waals surface area (Å²) in [7, 11) is 1.49. The molecule has 1 N–H and O–H groups in total. The zero-order chi connectivity index (χ0) is 11.5. The lowest BCUT2D eigenvalue weighted by atomic mass is 10.2. The molecule has 1 atom stereocenters. The van der Waals surface area contributed by atoms with E-state index in [0.29, 0.717) is 5.75 Å². The highest BCUT2D eigenvalue weighted by Gasteiger charge is 2.35. The standard InChI is InChI=1S/C11H12N2O2S/c1-13-10(14)9(12-11(13)15)16-7-8-5-3-2-4-6-8/h2-6,9H,7H2,1H3,(H,12,15). The lowest BCUT2D eigenvalue weighted by Crippen LogP contribution is -2.25. The van der Waals surface area contributed by atoms with Gasteiger partial charge in [0.2, 0.25) is 0 Å². The summed E-state index contributed by atoms with van der Waals surface area (Å²) in [4.78, 5) is 23.9. The molecule has 1 unspecified atom stereocenters. The maximum atomic E-state index is 11.6. The topological polar surface area (TPSA) is 49.4 Å². The number of rotatable bonds is 3. The molecule has 0 radical (unpaired) electrons. The molecular formula is C11H12N2O2S. The summed E-state index contributed by atoms with van der Waals surface area (Å²) >= 11 is 1.43. The van der Waals surface area contributed by atoms with Crippen molar-refractivity contribution < 1.29 is 9.59 Å². The van der Waals surface area contributed by atoms with Crippen LogP contribution in [-0.4, -0.2) is 29.3 Å². The minimum absolute atomic E-state index is 0.175. The van der Waals surface area contributed by atoms with Crippen LogP contribution in [0.25, 0.3) is 0 Å². The monoisotopic (exact) mass is 236 g/mol. The second-order valence-corrected chi connectivity index (χ2v) is 4.62. The zero-order valence-electron chi connectivity index (χ0n) is 8.84. The van der Waals surface area contributed by atoms with Gasteiger partial charge in [0.05, 0.1) is 0 Å². The van der Waals surface area contributed by atoms with Gasteiger partial charge in [0.15, 0.2) is 5.37 Å². The van der Waals surface area contributed by atoms with Crippen LogP contribution >= 0.6 is 11.8 Å². The van der Waals surface area contributed by atoms with Gasteiger partial charge in [0, 0.05) is 12.8 Å². The van der Waals surface area contributed by atoms with Crippen molar-refractivity contribution in [3.63, 3.8) is 0 Å². The van der Waals surface area contributed by atoms with Crippen molar-refractivity contribution in [1.82, 2.24) is 10.2 Å². The second-order valence-electron chi connectivity index (χ2n) is 3.52. The number of imide groups is 1. The van der Waals surface area contributed by atoms with Gasteiger partial charge in [0.25, 0.3) is 5.91 Å². The summed E-state index contributed by atoms with van der Waals surface area (Å²) in [5, 5.41) is 2.18. The van der Waals surface area contributed by atoms with Gasteiger partial charge in [-0.05, 0) is 5.56 Å². The first kappa shape index (κ1) is 11.0. The molecule has 1 aliphatic heterocycles. The van der Waals surface area contributed by atoms with Gasteiger partial charge in [-0.15, -0.1) is 11.8 Å². The van der Waals surface area contributed by atoms with Crippen LogP contribution in [0.3, 0.4) is 0 Å². The molecule has 0 aromatic heterocycles. The van der Waals surface area contributed by atoms with Gasteiger partial charge in [-0.1, -0.05) is 30.3 Å². The fraction of sp³-hybridized carbons (Fsp3) is 0.273. The smallest absolute Gasteiger partial charge is 0.317 e. The first-order chi connectivity index (χ1) is 7.68. The van der Waals surface area contributed by atoms with E-state index in [9.17, 15) is 9.59 Å². The molecule has 1 fully saturated rings. The number of hydrogen-bond acceptors (Lipinski definition) is 3. The molecule has 5 heteroatoms. The van der Waals surface area contributed by atoms with Gasteiger partial charge in [0.1, 0.15) is 0 Å². The number of likely N-dealkylation sites (N-methyl/N-ethyl adjacent to an activating group) is 1. The van der Waals surface area contributed by atoms with Crippen LogP contribution in [0.1, 0.15) is 5.56 Å². The molecule has 84 valence electrons. The minimum atomic E-state index is -0.447. The van der Waals surface area contributed by atoms with Crippen molar-refractivity contribution in [2.45, 2.75) is 11.1 Å². The molecule has 1 heterocycles. The number of nitrogens with one attached hydrogen (secondary N) is 1. The van der Waals surface area contributed by atoms with Crippen LogP contribution in [0.4, 0.5) is 4.79 Å². The Kier molecular flexibility index (Phi) is 3.14. The maximum absolute atomic E-state index is 11.6. The molecule has 2 rings (SSSR count). The predicted molar refractivity (Wildman–Crippen MR) is 62.8 cm³/mol. The Hall–Kier alpha value is -1.49. The van der Waals surface area contributed by atoms with Crippen LogP contribution in [0.15, 0.2) is 30.3 Å². The molecular weight excluding hydrogens is 224 g/mol. The number of carbonyl (C=O) groups is 2. The van der Waals surface area contributed by atoms with Crippen LogP contribution in [0, 0.1) is 0 Å². The zero-order valence-corrected chi connectivity index (χ0v) is 9.66. The highest BCUT2D eigenvalue weighted by atomic mass is 32.2. The third kappa shape index (κ3) is 2.19. The van der Waals surface area contributed by atoms with Crippen molar-refractivity contribution in [3.05, 3.63) is 35.9 Å². The van der Waals surface area contributed by atoms with Crippen molar-refractivity contribution >= 4 is 23.7 Å². The highest BCUT2D eigenvalue weighted by molar-refractivity contribution is 7.99. The number of nitrogens with zero attached hydrogens (tertiary/aromatic N) is 1. The number of thioether (sulfide) groups is 1. The molecule has 1 saturated heterocycles. The van der Waals surface area contributed by atoms with E-state index < -0.39 is 5.37 Å². The number of hydrogen-bond donors (Lipinski definition) is 1. The average molecular weight is 236 g/mol. The highest BCUT2D eigenvalue weighted by Crippen LogP contribution is 2.20. The number of benzene rings is 1. The normalized spacial score (nSPS) is 20.1. The fourth-order valence-corrected chi connectivity index (χ4v) is 2.45. The lowest BCUT2D eigenvalue weighted by Gasteiger charge is -2.07. The molecule has 16 heavy (non-hydrogen) atoms. The Morgan fingerprint density at radius 2 is 2.00 bits per heavy atom. The van der Waals surface area contributed by atoms with E-state index >= 15 is 0 Å². The van der Waals surface area contributed by atoms with E-state index in [-0.39, 0.29) is 11.9 Å². The Morgan fingerprint density at radius 3 is 2.56 bits per heavy atom. The molecule has 1 aromatic carbocycles. The van der Waals surface area contributed by atoms with E-state index in [0.717, 1.165) is 10.5 Å². The van der Waals surface area contributed by atoms with Crippen LogP contribution < -0.4 is 5.32 Å². The van der Waals surface area contributed by atoms with Crippen molar-refractivity contribution in [2.75, 3.05) is 7.05 Å². The summed E-state index contributed by atoms with van der Waals surface area (Å²) in [5.74, 6) is 0.539. The molecule has 4 nitrogen and oxygen atoms in total. The largest absolute Gasteiger partial charge is 0.325 e. The Balaban J connectivity index is 1.92. The van der Waals surface area contributed by atoms with Gasteiger partial charge in [-0.3, -0.25) is 9.69 Å². The summed E-state index contributed by atoms with van der Waals surface area (Å²) in [6.45, 7) is 0. The summed E-state index contributed by atoms with van der Waals surface area (Å²) < 4.78 is 0. The van der Waals surface area contributed by atoms with E-state index in [1.165, 1.54) is 18.8 Å². The summed E-state index contributed by atoms with van der Waals surface area (Å²) in [5.41, 5.74) is 1.14. The third-order valence-corrected chi connectivity index (χ3v) is 3.53. The Labute approximate surface area is 98.0 Å². The van der Waals surface area contributed by atoms with E-state index in [1.807, 2.05) is 30.3 Å². The molecule has 0 bridgehead atoms. The van der Waals surface area contributed by atoms with E-state index in [2.05, 4.69) is 5.32 Å². The van der Waals surface area contributed by atoms with Gasteiger partial charge in [-0.2, -0.15) is 0 Å². The molecule has 1 aliphatic rings. The molecule has 0 saturated carbocycles. The van der Waals surface area contributed by atoms with Gasteiger partial charge in [-0.25, -0.2) is 4.79 Å². The fourth-order valence-electron chi connectivity index (χ4n) is 1.41. The van der Waals surface area contributed by atoms with Crippen LogP contribution in [0.2, 0.25) is 0 Å². The Morgan fingerprint density at radius 1 is 1.31 bits per heavy atom. The number of urea groups is 1. The predicted octanol–water partition coefficient (Wildman–Crippen LogP) is 1.43. The molecule has 3 amide bonds. The Bertz CT molecular complexity index is 408. The van der Waals surface area contributed by atoms with E-state index in [1.54, 1.807) is 0 Å². The first-order valence-corrected chi connectivity index (χ1v) is 5.97. The summed E-state index contributed by atoms with van der Waals surface area (Å²) in [6, 6.07) is 9.53. The van der Waals surface area contributed by atoms with Crippen molar-refractivity contribution in [2.24, 2.45) is 0 Å². The van der Waals surface area contributed by atoms with Gasteiger partial charge < -0.3 is 5.32 Å². The number of amides is 3. The summed E-state index contributed by atoms with van der Waals surface area (Å²) in [6.07, 6.45) is 0. The van der Waals surface area contributed by atoms with Crippen molar-refractivity contribution in [1.29, 1.82) is 0 Å². The average Bonchev–Trinajstić information content (AvgIpc) is 2.56. The minimum Gasteiger partial charge on any atom is -0.317 e. The number of carbonyl (C=O) groups excluding carboxylic acids is 2.